The van der Waals surface area contributed by atoms with E-state index >= 15 is 0 Å². The van der Waals surface area contributed by atoms with Crippen molar-refractivity contribution in [3.05, 3.63) is 64.9 Å². The second-order valence-electron chi connectivity index (χ2n) is 7.40. The van der Waals surface area contributed by atoms with E-state index in [1.165, 1.54) is 5.56 Å². The number of hydrogen-bond donors (Lipinski definition) is 2. The summed E-state index contributed by atoms with van der Waals surface area (Å²) in [5.41, 5.74) is 8.99. The standard InChI is InChI=1S/C21H25ClN4O/c22-17-5-3-4-15(12-17)13-20(27)26-11-2-1-6-19(26)21-18(14-24-25-21)16-7-9-23-10-8-16/h3-5,7-10,12,18-19,21,24-25H,1-2,6,11,13-14H2. The van der Waals surface area contributed by atoms with Gasteiger partial charge in [-0.15, -0.1) is 0 Å². The van der Waals surface area contributed by atoms with E-state index in [0.717, 1.165) is 37.9 Å². The van der Waals surface area contributed by atoms with Gasteiger partial charge in [0.2, 0.25) is 5.91 Å². The number of carbonyl (C=O) groups excluding carboxylic acids is 1. The number of amides is 1. The first-order valence-electron chi connectivity index (χ1n) is 9.64. The lowest BCUT2D eigenvalue weighted by molar-refractivity contribution is -0.134. The smallest absolute Gasteiger partial charge is 0.227 e. The summed E-state index contributed by atoms with van der Waals surface area (Å²) in [4.78, 5) is 19.3. The molecule has 2 aromatic rings. The average molecular weight is 385 g/mol. The first-order valence-corrected chi connectivity index (χ1v) is 10.0. The van der Waals surface area contributed by atoms with Crippen LogP contribution in [-0.4, -0.2) is 41.0 Å². The maximum atomic E-state index is 13.1. The molecule has 6 heteroatoms. The molecule has 0 bridgehead atoms. The normalized spacial score (nSPS) is 25.5. The Hall–Kier alpha value is -1.95. The highest BCUT2D eigenvalue weighted by molar-refractivity contribution is 6.30. The van der Waals surface area contributed by atoms with Crippen LogP contribution < -0.4 is 10.9 Å². The monoisotopic (exact) mass is 384 g/mol. The van der Waals surface area contributed by atoms with Crippen molar-refractivity contribution in [3.63, 3.8) is 0 Å². The van der Waals surface area contributed by atoms with E-state index in [1.807, 2.05) is 36.7 Å². The molecule has 3 unspecified atom stereocenters. The SMILES string of the molecule is O=C(Cc1cccc(Cl)c1)N1CCCCC1C1NNCC1c1ccncc1. The number of benzene rings is 1. The summed E-state index contributed by atoms with van der Waals surface area (Å²) >= 11 is 6.09. The van der Waals surface area contributed by atoms with E-state index in [4.69, 9.17) is 11.6 Å². The van der Waals surface area contributed by atoms with Gasteiger partial charge in [0.25, 0.3) is 0 Å². The minimum Gasteiger partial charge on any atom is -0.338 e. The summed E-state index contributed by atoms with van der Waals surface area (Å²) in [6, 6.07) is 12.1. The predicted octanol–water partition coefficient (Wildman–Crippen LogP) is 2.92. The fourth-order valence-corrected chi connectivity index (χ4v) is 4.59. The second-order valence-corrected chi connectivity index (χ2v) is 7.83. The summed E-state index contributed by atoms with van der Waals surface area (Å²) < 4.78 is 0. The predicted molar refractivity (Wildman–Crippen MR) is 106 cm³/mol. The van der Waals surface area contributed by atoms with Crippen LogP contribution >= 0.6 is 11.6 Å². The third-order valence-corrected chi connectivity index (χ3v) is 5.92. The topological polar surface area (TPSA) is 57.3 Å². The van der Waals surface area contributed by atoms with Gasteiger partial charge in [-0.1, -0.05) is 23.7 Å². The van der Waals surface area contributed by atoms with Crippen LogP contribution in [0.3, 0.4) is 0 Å². The van der Waals surface area contributed by atoms with Crippen LogP contribution in [0.5, 0.6) is 0 Å². The molecular weight excluding hydrogens is 360 g/mol. The van der Waals surface area contributed by atoms with Gasteiger partial charge in [-0.25, -0.2) is 0 Å². The summed E-state index contributed by atoms with van der Waals surface area (Å²) in [7, 11) is 0. The summed E-state index contributed by atoms with van der Waals surface area (Å²) in [6.07, 6.45) is 7.34. The Kier molecular flexibility index (Phi) is 5.72. The molecule has 3 atom stereocenters. The Bertz CT molecular complexity index is 785. The molecule has 0 saturated carbocycles. The fraction of sp³-hybridized carbons (Fsp3) is 0.429. The summed E-state index contributed by atoms with van der Waals surface area (Å²) in [5, 5.41) is 0.676. The van der Waals surface area contributed by atoms with Gasteiger partial charge in [-0.3, -0.25) is 20.6 Å². The van der Waals surface area contributed by atoms with Crippen LogP contribution in [0, 0.1) is 0 Å². The lowest BCUT2D eigenvalue weighted by Crippen LogP contribution is -2.55. The molecule has 2 aliphatic rings. The van der Waals surface area contributed by atoms with Crippen molar-refractivity contribution in [2.24, 2.45) is 0 Å². The number of rotatable bonds is 4. The van der Waals surface area contributed by atoms with E-state index in [9.17, 15) is 4.79 Å². The molecule has 142 valence electrons. The van der Waals surface area contributed by atoms with Crippen molar-refractivity contribution in [1.82, 2.24) is 20.7 Å². The molecule has 1 aromatic carbocycles. The molecule has 3 heterocycles. The number of hydrazine groups is 1. The molecule has 2 saturated heterocycles. The number of nitrogens with one attached hydrogen (secondary N) is 2. The largest absolute Gasteiger partial charge is 0.338 e. The first-order chi connectivity index (χ1) is 13.2. The highest BCUT2D eigenvalue weighted by Crippen LogP contribution is 2.31. The molecule has 0 spiro atoms. The Balaban J connectivity index is 1.52. The first kappa shape index (κ1) is 18.4. The van der Waals surface area contributed by atoms with Crippen molar-refractivity contribution >= 4 is 17.5 Å². The van der Waals surface area contributed by atoms with Crippen LogP contribution in [-0.2, 0) is 11.2 Å². The number of piperidine rings is 1. The molecule has 5 nitrogen and oxygen atoms in total. The van der Waals surface area contributed by atoms with Gasteiger partial charge in [0.05, 0.1) is 6.42 Å². The van der Waals surface area contributed by atoms with Gasteiger partial charge in [-0.2, -0.15) is 0 Å². The van der Waals surface area contributed by atoms with E-state index in [2.05, 4.69) is 32.9 Å². The van der Waals surface area contributed by atoms with Crippen LogP contribution in [0.2, 0.25) is 5.02 Å². The van der Waals surface area contributed by atoms with Gasteiger partial charge in [0.1, 0.15) is 0 Å². The molecule has 1 amide bonds. The third-order valence-electron chi connectivity index (χ3n) is 5.69. The molecule has 27 heavy (non-hydrogen) atoms. The van der Waals surface area contributed by atoms with Crippen molar-refractivity contribution in [1.29, 1.82) is 0 Å². The van der Waals surface area contributed by atoms with E-state index in [-0.39, 0.29) is 18.0 Å². The van der Waals surface area contributed by atoms with E-state index < -0.39 is 0 Å². The van der Waals surface area contributed by atoms with Crippen molar-refractivity contribution in [3.8, 4) is 0 Å². The number of halogens is 1. The maximum Gasteiger partial charge on any atom is 0.227 e. The van der Waals surface area contributed by atoms with Gasteiger partial charge in [0.15, 0.2) is 0 Å². The van der Waals surface area contributed by atoms with Crippen LogP contribution in [0.25, 0.3) is 0 Å². The van der Waals surface area contributed by atoms with Gasteiger partial charge < -0.3 is 4.90 Å². The maximum absolute atomic E-state index is 13.1. The molecule has 0 radical (unpaired) electrons. The fourth-order valence-electron chi connectivity index (χ4n) is 4.38. The number of nitrogens with zero attached hydrogens (tertiary/aromatic N) is 2. The lowest BCUT2D eigenvalue weighted by Gasteiger charge is -2.41. The zero-order chi connectivity index (χ0) is 18.6. The third kappa shape index (κ3) is 4.15. The molecule has 2 N–H and O–H groups in total. The van der Waals surface area contributed by atoms with Gasteiger partial charge in [0, 0.05) is 48.5 Å². The second kappa shape index (κ2) is 8.38. The van der Waals surface area contributed by atoms with Crippen LogP contribution in [0.15, 0.2) is 48.8 Å². The molecule has 4 rings (SSSR count). The highest BCUT2D eigenvalue weighted by Gasteiger charge is 2.40. The van der Waals surface area contributed by atoms with Gasteiger partial charge in [-0.05, 0) is 54.7 Å². The molecule has 2 aliphatic heterocycles. The van der Waals surface area contributed by atoms with E-state index in [1.54, 1.807) is 0 Å². The highest BCUT2D eigenvalue weighted by atomic mass is 35.5. The Morgan fingerprint density at radius 3 is 2.89 bits per heavy atom. The Morgan fingerprint density at radius 2 is 2.07 bits per heavy atom. The summed E-state index contributed by atoms with van der Waals surface area (Å²) in [6.45, 7) is 1.69. The van der Waals surface area contributed by atoms with Crippen molar-refractivity contribution in [2.75, 3.05) is 13.1 Å². The van der Waals surface area contributed by atoms with Gasteiger partial charge >= 0.3 is 0 Å². The molecule has 0 aliphatic carbocycles. The number of hydrogen-bond acceptors (Lipinski definition) is 4. The van der Waals surface area contributed by atoms with Crippen LogP contribution in [0.1, 0.15) is 36.3 Å². The Morgan fingerprint density at radius 1 is 1.22 bits per heavy atom. The molecule has 2 fully saturated rings. The number of pyridine rings is 1. The number of likely N-dealkylation sites (tertiary alicyclic amines) is 1. The average Bonchev–Trinajstić information content (AvgIpc) is 3.18. The van der Waals surface area contributed by atoms with Crippen molar-refractivity contribution in [2.45, 2.75) is 43.7 Å². The minimum absolute atomic E-state index is 0.184. The molecule has 1 aromatic heterocycles. The molecular formula is C21H25ClN4O. The Labute approximate surface area is 165 Å². The quantitative estimate of drug-likeness (QED) is 0.851. The zero-order valence-corrected chi connectivity index (χ0v) is 16.0. The van der Waals surface area contributed by atoms with Crippen molar-refractivity contribution < 1.29 is 4.79 Å². The number of carbonyl (C=O) groups is 1. The zero-order valence-electron chi connectivity index (χ0n) is 15.3. The van der Waals surface area contributed by atoms with Crippen LogP contribution in [0.4, 0.5) is 0 Å². The van der Waals surface area contributed by atoms with E-state index in [0.29, 0.717) is 17.4 Å². The summed E-state index contributed by atoms with van der Waals surface area (Å²) in [5.74, 6) is 0.515. The minimum atomic E-state index is 0.184. The number of aromatic nitrogens is 1. The lowest BCUT2D eigenvalue weighted by atomic mass is 9.84.